The van der Waals surface area contributed by atoms with Gasteiger partial charge >= 0.3 is 5.97 Å². The molecule has 0 saturated carbocycles. The number of aromatic amines is 1. The highest BCUT2D eigenvalue weighted by Crippen LogP contribution is 2.19. The van der Waals surface area contributed by atoms with Gasteiger partial charge in [-0.2, -0.15) is 24.4 Å². The summed E-state index contributed by atoms with van der Waals surface area (Å²) in [4.78, 5) is 52.9. The number of carbonyl (C=O) groups is 4. The Morgan fingerprint density at radius 3 is 2.36 bits per heavy atom. The van der Waals surface area contributed by atoms with Crippen molar-refractivity contribution in [3.63, 3.8) is 0 Å². The summed E-state index contributed by atoms with van der Waals surface area (Å²) in [6, 6.07) is 2.66. The number of aliphatic hydroxyl groups excluding tert-OH is 1. The third-order valence-corrected chi connectivity index (χ3v) is 6.57. The Morgan fingerprint density at radius 1 is 1.08 bits per heavy atom. The number of rotatable bonds is 14. The summed E-state index contributed by atoms with van der Waals surface area (Å²) in [5, 5.41) is 27.8. The molecule has 5 atom stereocenters. The Bertz CT molecular complexity index is 1060. The highest BCUT2D eigenvalue weighted by molar-refractivity contribution is 7.98. The van der Waals surface area contributed by atoms with E-state index in [1.54, 1.807) is 6.20 Å². The molecule has 3 amide bonds. The zero-order valence-electron chi connectivity index (χ0n) is 20.1. The number of nitrogens with two attached hydrogens (primary N) is 1. The standard InChI is InChI=1S/C23H33N5O6S2/c1-12(29)19(28-20(30)15(24)7-8-36-2)22(32)27-18(11-35)21(31)26-17(23(33)34)9-13-10-25-16-6-4-3-5-14(13)16/h3-6,10,12,15,17-19,25,29,35H,7-9,11,24H2,1-2H3,(H,26,31)(H,27,32)(H,28,30)(H,33,34). The van der Waals surface area contributed by atoms with Crippen molar-refractivity contribution >= 4 is 59.0 Å². The highest BCUT2D eigenvalue weighted by Gasteiger charge is 2.32. The lowest BCUT2D eigenvalue weighted by Gasteiger charge is -2.25. The molecule has 0 fully saturated rings. The Labute approximate surface area is 218 Å². The SMILES string of the molecule is CSCCC(N)C(=O)NC(C(=O)NC(CS)C(=O)NC(Cc1c[nH]c2ccccc12)C(=O)O)C(C)O. The Kier molecular flexibility index (Phi) is 11.6. The summed E-state index contributed by atoms with van der Waals surface area (Å²) in [5.41, 5.74) is 7.37. The molecule has 198 valence electrons. The summed E-state index contributed by atoms with van der Waals surface area (Å²) < 4.78 is 0. The lowest BCUT2D eigenvalue weighted by Crippen LogP contribution is -2.60. The maximum absolute atomic E-state index is 12.8. The van der Waals surface area contributed by atoms with E-state index >= 15 is 0 Å². The molecule has 2 rings (SSSR count). The van der Waals surface area contributed by atoms with Crippen molar-refractivity contribution in [2.24, 2.45) is 5.73 Å². The number of aromatic nitrogens is 1. The number of hydrogen-bond acceptors (Lipinski definition) is 8. The quantitative estimate of drug-likeness (QED) is 0.150. The number of amides is 3. The number of carbonyl (C=O) groups excluding carboxylic acids is 3. The molecule has 8 N–H and O–H groups in total. The molecule has 5 unspecified atom stereocenters. The zero-order valence-corrected chi connectivity index (χ0v) is 21.8. The second kappa shape index (κ2) is 14.1. The van der Waals surface area contributed by atoms with Gasteiger partial charge in [0.2, 0.25) is 17.7 Å². The van der Waals surface area contributed by atoms with Gasteiger partial charge in [-0.3, -0.25) is 14.4 Å². The van der Waals surface area contributed by atoms with Crippen molar-refractivity contribution in [1.29, 1.82) is 0 Å². The van der Waals surface area contributed by atoms with Crippen LogP contribution in [0.3, 0.4) is 0 Å². The first-order valence-corrected chi connectivity index (χ1v) is 13.3. The fraction of sp³-hybridized carbons (Fsp3) is 0.478. The van der Waals surface area contributed by atoms with Gasteiger partial charge in [0, 0.05) is 29.3 Å². The van der Waals surface area contributed by atoms with Crippen molar-refractivity contribution in [2.75, 3.05) is 17.8 Å². The van der Waals surface area contributed by atoms with E-state index in [1.165, 1.54) is 18.7 Å². The number of carboxylic acid groups (broad SMARTS) is 1. The third kappa shape index (κ3) is 8.15. The van der Waals surface area contributed by atoms with Crippen LogP contribution in [0.5, 0.6) is 0 Å². The topological polar surface area (TPSA) is 187 Å². The van der Waals surface area contributed by atoms with Crippen LogP contribution in [-0.4, -0.2) is 86.9 Å². The summed E-state index contributed by atoms with van der Waals surface area (Å²) in [6.07, 6.45) is 2.67. The van der Waals surface area contributed by atoms with Crippen molar-refractivity contribution in [2.45, 2.75) is 50.0 Å². The van der Waals surface area contributed by atoms with Crippen molar-refractivity contribution < 1.29 is 29.4 Å². The predicted molar refractivity (Wildman–Crippen MR) is 142 cm³/mol. The number of nitrogens with one attached hydrogen (secondary N) is 4. The number of hydrogen-bond donors (Lipinski definition) is 8. The monoisotopic (exact) mass is 539 g/mol. The molecule has 0 spiro atoms. The molecule has 1 aromatic heterocycles. The van der Waals surface area contributed by atoms with Gasteiger partial charge in [0.25, 0.3) is 0 Å². The summed E-state index contributed by atoms with van der Waals surface area (Å²) in [6.45, 7) is 1.31. The fourth-order valence-corrected chi connectivity index (χ4v) is 4.24. The molecule has 1 aromatic carbocycles. The van der Waals surface area contributed by atoms with E-state index in [2.05, 4.69) is 33.6 Å². The largest absolute Gasteiger partial charge is 0.480 e. The van der Waals surface area contributed by atoms with Crippen LogP contribution in [0.15, 0.2) is 30.5 Å². The number of benzene rings is 1. The second-order valence-electron chi connectivity index (χ2n) is 8.32. The average Bonchev–Trinajstić information content (AvgIpc) is 3.25. The number of aliphatic carboxylic acids is 1. The van der Waals surface area contributed by atoms with E-state index in [9.17, 15) is 29.4 Å². The second-order valence-corrected chi connectivity index (χ2v) is 9.67. The Balaban J connectivity index is 2.06. The van der Waals surface area contributed by atoms with Crippen LogP contribution in [0.2, 0.25) is 0 Å². The van der Waals surface area contributed by atoms with E-state index in [0.29, 0.717) is 17.7 Å². The molecular formula is C23H33N5O6S2. The van der Waals surface area contributed by atoms with Gasteiger partial charge in [-0.1, -0.05) is 18.2 Å². The lowest BCUT2D eigenvalue weighted by atomic mass is 10.0. The number of carboxylic acids is 1. The van der Waals surface area contributed by atoms with Gasteiger partial charge in [0.15, 0.2) is 0 Å². The van der Waals surface area contributed by atoms with Crippen LogP contribution in [0.1, 0.15) is 18.9 Å². The van der Waals surface area contributed by atoms with Gasteiger partial charge in [-0.25, -0.2) is 4.79 Å². The molecule has 1 heterocycles. The first kappa shape index (κ1) is 29.5. The molecule has 13 heteroatoms. The van der Waals surface area contributed by atoms with Gasteiger partial charge in [0.05, 0.1) is 12.1 Å². The Hall–Kier alpha value is -2.74. The molecule has 11 nitrogen and oxygen atoms in total. The minimum atomic E-state index is -1.37. The normalized spacial score (nSPS) is 15.4. The smallest absolute Gasteiger partial charge is 0.326 e. The molecule has 36 heavy (non-hydrogen) atoms. The molecule has 0 bridgehead atoms. The number of fused-ring (bicyclic) bond motifs is 1. The lowest BCUT2D eigenvalue weighted by molar-refractivity contribution is -0.142. The van der Waals surface area contributed by atoms with E-state index < -0.39 is 54.0 Å². The Morgan fingerprint density at radius 2 is 1.75 bits per heavy atom. The summed E-state index contributed by atoms with van der Waals surface area (Å²) in [5.74, 6) is -2.95. The number of para-hydroxylation sites is 1. The molecule has 0 radical (unpaired) electrons. The van der Waals surface area contributed by atoms with Gasteiger partial charge in [0.1, 0.15) is 18.1 Å². The molecule has 0 aliphatic carbocycles. The van der Waals surface area contributed by atoms with Crippen molar-refractivity contribution in [3.05, 3.63) is 36.0 Å². The van der Waals surface area contributed by atoms with Crippen molar-refractivity contribution in [1.82, 2.24) is 20.9 Å². The highest BCUT2D eigenvalue weighted by atomic mass is 32.2. The van der Waals surface area contributed by atoms with Crippen LogP contribution in [0.25, 0.3) is 10.9 Å². The number of aliphatic hydroxyl groups is 1. The van der Waals surface area contributed by atoms with Crippen LogP contribution in [0, 0.1) is 0 Å². The first-order chi connectivity index (χ1) is 17.1. The van der Waals surface area contributed by atoms with Gasteiger partial charge in [-0.05, 0) is 37.0 Å². The minimum Gasteiger partial charge on any atom is -0.480 e. The average molecular weight is 540 g/mol. The number of thioether (sulfide) groups is 1. The molecule has 2 aromatic rings. The van der Waals surface area contributed by atoms with E-state index in [0.717, 1.165) is 10.9 Å². The number of thiol groups is 1. The molecule has 0 saturated heterocycles. The van der Waals surface area contributed by atoms with Crippen LogP contribution < -0.4 is 21.7 Å². The van der Waals surface area contributed by atoms with E-state index in [-0.39, 0.29) is 12.2 Å². The third-order valence-electron chi connectivity index (χ3n) is 5.56. The minimum absolute atomic E-state index is 0.0125. The van der Waals surface area contributed by atoms with Crippen LogP contribution in [0.4, 0.5) is 0 Å². The zero-order chi connectivity index (χ0) is 26.8. The van der Waals surface area contributed by atoms with Gasteiger partial charge < -0.3 is 36.9 Å². The summed E-state index contributed by atoms with van der Waals surface area (Å²) in [7, 11) is 0. The maximum atomic E-state index is 12.8. The number of H-pyrrole nitrogens is 1. The van der Waals surface area contributed by atoms with Gasteiger partial charge in [-0.15, -0.1) is 0 Å². The van der Waals surface area contributed by atoms with Crippen LogP contribution >= 0.6 is 24.4 Å². The fourth-order valence-electron chi connectivity index (χ4n) is 3.49. The first-order valence-electron chi connectivity index (χ1n) is 11.3. The summed E-state index contributed by atoms with van der Waals surface area (Å²) >= 11 is 5.62. The maximum Gasteiger partial charge on any atom is 0.326 e. The van der Waals surface area contributed by atoms with E-state index in [1.807, 2.05) is 30.5 Å². The van der Waals surface area contributed by atoms with E-state index in [4.69, 9.17) is 5.73 Å². The predicted octanol–water partition coefficient (Wildman–Crippen LogP) is -0.360. The molecule has 0 aliphatic heterocycles. The van der Waals surface area contributed by atoms with Crippen LogP contribution in [-0.2, 0) is 25.6 Å². The van der Waals surface area contributed by atoms with Crippen molar-refractivity contribution in [3.8, 4) is 0 Å². The molecular weight excluding hydrogens is 506 g/mol. The molecule has 0 aliphatic rings.